The molecule has 2 aliphatic carbocycles. The molecule has 0 N–H and O–H groups in total. The summed E-state index contributed by atoms with van der Waals surface area (Å²) in [5.74, 6) is 1.95. The van der Waals surface area contributed by atoms with Gasteiger partial charge in [-0.3, -0.25) is 4.98 Å². The first-order valence-corrected chi connectivity index (χ1v) is 21.0. The molecular formula is C56H41N5. The first-order chi connectivity index (χ1) is 30.2. The molecule has 0 atom stereocenters. The quantitative estimate of drug-likeness (QED) is 0.154. The van der Waals surface area contributed by atoms with E-state index in [-0.39, 0.29) is 0 Å². The van der Waals surface area contributed by atoms with E-state index in [0.717, 1.165) is 53.5 Å². The van der Waals surface area contributed by atoms with Gasteiger partial charge in [0.15, 0.2) is 17.5 Å². The van der Waals surface area contributed by atoms with Crippen molar-refractivity contribution in [2.24, 2.45) is 0 Å². The molecule has 3 heterocycles. The molecule has 0 spiro atoms. The summed E-state index contributed by atoms with van der Waals surface area (Å²) < 4.78 is 2.40. The highest BCUT2D eigenvalue weighted by Gasteiger charge is 2.19. The van der Waals surface area contributed by atoms with E-state index >= 15 is 0 Å². The lowest BCUT2D eigenvalue weighted by Gasteiger charge is -2.21. The highest BCUT2D eigenvalue weighted by molar-refractivity contribution is 6.10. The molecule has 0 unspecified atom stereocenters. The number of fused-ring (bicyclic) bond motifs is 3. The van der Waals surface area contributed by atoms with Crippen molar-refractivity contribution in [3.8, 4) is 51.0 Å². The number of hydrogen-bond acceptors (Lipinski definition) is 4. The Balaban J connectivity index is 0.841. The second-order valence-corrected chi connectivity index (χ2v) is 15.8. The van der Waals surface area contributed by atoms with Gasteiger partial charge in [0.25, 0.3) is 0 Å². The molecule has 11 rings (SSSR count). The number of aromatic nitrogens is 5. The third-order valence-electron chi connectivity index (χ3n) is 12.1. The van der Waals surface area contributed by atoms with Gasteiger partial charge in [-0.25, -0.2) is 15.0 Å². The van der Waals surface area contributed by atoms with Gasteiger partial charge < -0.3 is 4.57 Å². The number of allylic oxidation sites excluding steroid dienone is 8. The Bertz CT molecular complexity index is 3190. The maximum atomic E-state index is 5.00. The predicted octanol–water partition coefficient (Wildman–Crippen LogP) is 13.9. The largest absolute Gasteiger partial charge is 0.309 e. The summed E-state index contributed by atoms with van der Waals surface area (Å²) in [7, 11) is 0. The molecule has 0 amide bonds. The Morgan fingerprint density at radius 3 is 1.43 bits per heavy atom. The average molecular weight is 784 g/mol. The van der Waals surface area contributed by atoms with E-state index < -0.39 is 0 Å². The summed E-state index contributed by atoms with van der Waals surface area (Å²) in [6.45, 7) is 0. The molecular weight excluding hydrogens is 743 g/mol. The predicted molar refractivity (Wildman–Crippen MR) is 251 cm³/mol. The van der Waals surface area contributed by atoms with Crippen LogP contribution < -0.4 is 0 Å². The topological polar surface area (TPSA) is 56.5 Å². The van der Waals surface area contributed by atoms with Crippen molar-refractivity contribution < 1.29 is 0 Å². The van der Waals surface area contributed by atoms with Gasteiger partial charge in [0.05, 0.1) is 11.0 Å². The zero-order chi connectivity index (χ0) is 40.5. The molecule has 5 heteroatoms. The molecule has 2 aliphatic rings. The van der Waals surface area contributed by atoms with Crippen LogP contribution in [0.1, 0.15) is 36.8 Å². The van der Waals surface area contributed by atoms with Gasteiger partial charge in [0, 0.05) is 45.5 Å². The Morgan fingerprint density at radius 1 is 0.344 bits per heavy atom. The second-order valence-electron chi connectivity index (χ2n) is 15.8. The van der Waals surface area contributed by atoms with Gasteiger partial charge in [0.2, 0.25) is 0 Å². The van der Waals surface area contributed by atoms with Crippen LogP contribution in [0.5, 0.6) is 0 Å². The fraction of sp³-hybridized carbons (Fsp3) is 0.0714. The van der Waals surface area contributed by atoms with E-state index in [9.17, 15) is 0 Å². The van der Waals surface area contributed by atoms with Gasteiger partial charge in [-0.05, 0) is 101 Å². The standard InChI is InChI=1S/C56H41N5/c1-3-10-44(11-4-1)54-58-55(60-56(59-54)46-31-27-43(28-32-46)48-12-9-35-57-37-48)45-29-25-41(26-30-45)39-19-17-38(18-20-39)40-21-23-42(24-22-40)47-33-34-51-50-15-7-8-16-52(50)61(53(51)36-47)49-13-5-2-6-14-49/h1-17,19,21,23,25-37H,18,20,22,24H2. The fourth-order valence-corrected chi connectivity index (χ4v) is 8.85. The number of nitrogens with zero attached hydrogens (tertiary/aromatic N) is 5. The minimum Gasteiger partial charge on any atom is -0.309 e. The fourth-order valence-electron chi connectivity index (χ4n) is 8.85. The molecule has 0 aliphatic heterocycles. The normalized spacial score (nSPS) is 14.0. The van der Waals surface area contributed by atoms with Crippen LogP contribution in [-0.4, -0.2) is 24.5 Å². The lowest BCUT2D eigenvalue weighted by Crippen LogP contribution is -2.01. The third-order valence-corrected chi connectivity index (χ3v) is 12.1. The number of para-hydroxylation sites is 2. The van der Waals surface area contributed by atoms with Crippen molar-refractivity contribution in [2.75, 3.05) is 0 Å². The van der Waals surface area contributed by atoms with Crippen molar-refractivity contribution in [2.45, 2.75) is 25.7 Å². The monoisotopic (exact) mass is 783 g/mol. The van der Waals surface area contributed by atoms with Gasteiger partial charge >= 0.3 is 0 Å². The van der Waals surface area contributed by atoms with Gasteiger partial charge in [-0.1, -0.05) is 158 Å². The number of pyridine rings is 1. The van der Waals surface area contributed by atoms with Crippen molar-refractivity contribution in [3.05, 3.63) is 223 Å². The van der Waals surface area contributed by atoms with Crippen LogP contribution in [0.2, 0.25) is 0 Å². The van der Waals surface area contributed by atoms with Crippen LogP contribution >= 0.6 is 0 Å². The highest BCUT2D eigenvalue weighted by Crippen LogP contribution is 2.39. The summed E-state index contributed by atoms with van der Waals surface area (Å²) in [5, 5.41) is 2.58. The Labute approximate surface area is 355 Å². The zero-order valence-electron chi connectivity index (χ0n) is 33.6. The van der Waals surface area contributed by atoms with E-state index in [1.54, 1.807) is 6.20 Å². The van der Waals surface area contributed by atoms with E-state index in [2.05, 4.69) is 161 Å². The molecule has 0 saturated heterocycles. The van der Waals surface area contributed by atoms with E-state index in [4.69, 9.17) is 15.0 Å². The zero-order valence-corrected chi connectivity index (χ0v) is 33.6. The minimum absolute atomic E-state index is 0.644. The number of hydrogen-bond donors (Lipinski definition) is 0. The van der Waals surface area contributed by atoms with Crippen molar-refractivity contribution in [1.82, 2.24) is 24.5 Å². The van der Waals surface area contributed by atoms with Crippen LogP contribution in [0.3, 0.4) is 0 Å². The van der Waals surface area contributed by atoms with Crippen molar-refractivity contribution >= 4 is 33.0 Å². The van der Waals surface area contributed by atoms with Crippen molar-refractivity contribution in [1.29, 1.82) is 0 Å². The first-order valence-electron chi connectivity index (χ1n) is 21.0. The summed E-state index contributed by atoms with van der Waals surface area (Å²) in [6, 6.07) is 57.6. The first kappa shape index (κ1) is 36.3. The molecule has 0 saturated carbocycles. The Morgan fingerprint density at radius 2 is 0.820 bits per heavy atom. The van der Waals surface area contributed by atoms with Crippen LogP contribution in [0.25, 0.3) is 83.9 Å². The maximum Gasteiger partial charge on any atom is 0.164 e. The molecule has 3 aromatic heterocycles. The van der Waals surface area contributed by atoms with Crippen LogP contribution in [0, 0.1) is 0 Å². The second kappa shape index (κ2) is 15.8. The summed E-state index contributed by atoms with van der Waals surface area (Å²) in [5.41, 5.74) is 16.8. The molecule has 0 fully saturated rings. The van der Waals surface area contributed by atoms with E-state index in [0.29, 0.717) is 17.5 Å². The smallest absolute Gasteiger partial charge is 0.164 e. The minimum atomic E-state index is 0.644. The molecule has 61 heavy (non-hydrogen) atoms. The Hall–Kier alpha value is -7.76. The molecule has 9 aromatic rings. The van der Waals surface area contributed by atoms with Crippen LogP contribution in [0.15, 0.2) is 212 Å². The summed E-state index contributed by atoms with van der Waals surface area (Å²) in [4.78, 5) is 19.2. The average Bonchev–Trinajstić information content (AvgIpc) is 3.68. The molecule has 6 aromatic carbocycles. The summed E-state index contributed by atoms with van der Waals surface area (Å²) in [6.07, 6.45) is 17.1. The number of rotatable bonds is 8. The van der Waals surface area contributed by atoms with E-state index in [1.807, 2.05) is 42.6 Å². The van der Waals surface area contributed by atoms with Gasteiger partial charge in [0.1, 0.15) is 0 Å². The van der Waals surface area contributed by atoms with Gasteiger partial charge in [-0.2, -0.15) is 0 Å². The van der Waals surface area contributed by atoms with Gasteiger partial charge in [-0.15, -0.1) is 0 Å². The molecule has 0 radical (unpaired) electrons. The van der Waals surface area contributed by atoms with Crippen LogP contribution in [-0.2, 0) is 0 Å². The van der Waals surface area contributed by atoms with Crippen molar-refractivity contribution in [3.63, 3.8) is 0 Å². The molecule has 5 nitrogen and oxygen atoms in total. The highest BCUT2D eigenvalue weighted by atomic mass is 15.0. The lowest BCUT2D eigenvalue weighted by molar-refractivity contribution is 0.913. The number of benzene rings is 6. The Kier molecular flexibility index (Phi) is 9.40. The summed E-state index contributed by atoms with van der Waals surface area (Å²) >= 11 is 0. The third kappa shape index (κ3) is 7.10. The van der Waals surface area contributed by atoms with Crippen LogP contribution in [0.4, 0.5) is 0 Å². The maximum absolute atomic E-state index is 5.00. The lowest BCUT2D eigenvalue weighted by atomic mass is 9.84. The van der Waals surface area contributed by atoms with E-state index in [1.165, 1.54) is 60.9 Å². The molecule has 290 valence electrons. The molecule has 0 bridgehead atoms. The SMILES string of the molecule is C1=C(C2=CC=C(c3ccc4c5ccccc5n(-c5ccccc5)c4c3)CC2)CCC(c2ccc(-c3nc(-c4ccccc4)nc(-c4ccc(-c5cccnc5)cc4)n3)cc2)=C1.